The number of amides is 2. The zero-order valence-electron chi connectivity index (χ0n) is 20.5. The number of alkyl halides is 6. The summed E-state index contributed by atoms with van der Waals surface area (Å²) in [5.74, 6) is -0.155. The van der Waals surface area contributed by atoms with Crippen molar-refractivity contribution in [2.24, 2.45) is 0 Å². The predicted octanol–water partition coefficient (Wildman–Crippen LogP) is 6.55. The average molecular weight is 586 g/mol. The molecule has 0 unspecified atom stereocenters. The summed E-state index contributed by atoms with van der Waals surface area (Å²) in [5.41, 5.74) is 1.48. The number of halogens is 7. The second-order valence-electron chi connectivity index (χ2n) is 9.02. The average Bonchev–Trinajstić information content (AvgIpc) is 3.27. The Hall–Kier alpha value is -4.07. The van der Waals surface area contributed by atoms with Crippen molar-refractivity contribution in [1.29, 1.82) is 0 Å². The first-order chi connectivity index (χ1) is 18.5. The quantitative estimate of drug-likeness (QED) is 0.223. The van der Waals surface area contributed by atoms with Gasteiger partial charge in [0.25, 0.3) is 0 Å². The minimum atomic E-state index is -4.60. The van der Waals surface area contributed by atoms with Crippen LogP contribution in [0.3, 0.4) is 0 Å². The molecule has 0 atom stereocenters. The van der Waals surface area contributed by atoms with Gasteiger partial charge >= 0.3 is 18.4 Å². The summed E-state index contributed by atoms with van der Waals surface area (Å²) < 4.78 is 79.2. The van der Waals surface area contributed by atoms with E-state index < -0.39 is 30.5 Å². The molecule has 8 nitrogen and oxygen atoms in total. The first kappa shape index (κ1) is 28.9. The molecule has 1 saturated carbocycles. The standard InChI is InChI=1S/C25H21F6N7O.ClH/c26-24(27,28)13-34-23(39)36-17-6-1-3-14(9-17)19-12-32-20-10-15(7-8-38(19)20)21-33-11-18(25(29,30)31)22(37-21)35-16-4-2-5-16;/h1,3,6-12,16H,2,4-5,13H2,(H,33,35,37)(H2,34,36,39);1H. The Bertz CT molecular complexity index is 1520. The summed E-state index contributed by atoms with van der Waals surface area (Å²) in [6, 6.07) is 8.65. The van der Waals surface area contributed by atoms with E-state index in [-0.39, 0.29) is 35.8 Å². The number of anilines is 2. The minimum Gasteiger partial charge on any atom is -0.367 e. The van der Waals surface area contributed by atoms with Crippen molar-refractivity contribution in [3.8, 4) is 22.6 Å². The minimum absolute atomic E-state index is 0. The van der Waals surface area contributed by atoms with Crippen LogP contribution in [0.2, 0.25) is 0 Å². The molecular formula is C25H22ClF6N7O. The van der Waals surface area contributed by atoms with E-state index in [1.54, 1.807) is 52.4 Å². The van der Waals surface area contributed by atoms with Gasteiger partial charge in [-0.05, 0) is 43.5 Å². The van der Waals surface area contributed by atoms with Gasteiger partial charge in [0.1, 0.15) is 23.6 Å². The maximum absolute atomic E-state index is 13.5. The number of urea groups is 1. The highest BCUT2D eigenvalue weighted by atomic mass is 35.5. The van der Waals surface area contributed by atoms with Crippen molar-refractivity contribution in [3.05, 3.63) is 60.6 Å². The molecule has 1 aliphatic carbocycles. The van der Waals surface area contributed by atoms with Gasteiger partial charge in [0, 0.05) is 35.2 Å². The van der Waals surface area contributed by atoms with Gasteiger partial charge in [0.15, 0.2) is 5.82 Å². The zero-order valence-corrected chi connectivity index (χ0v) is 21.3. The van der Waals surface area contributed by atoms with Crippen molar-refractivity contribution in [2.45, 2.75) is 37.7 Å². The van der Waals surface area contributed by atoms with E-state index in [2.05, 4.69) is 25.6 Å². The number of nitrogens with one attached hydrogen (secondary N) is 3. The second kappa shape index (κ2) is 11.2. The maximum atomic E-state index is 13.5. The molecule has 4 aromatic rings. The predicted molar refractivity (Wildman–Crippen MR) is 138 cm³/mol. The second-order valence-corrected chi connectivity index (χ2v) is 9.02. The Morgan fingerprint density at radius 2 is 1.77 bits per heavy atom. The summed E-state index contributed by atoms with van der Waals surface area (Å²) in [6.45, 7) is -1.46. The molecule has 1 aromatic carbocycles. The number of benzene rings is 1. The fraction of sp³-hybridized carbons (Fsp3) is 0.280. The van der Waals surface area contributed by atoms with Crippen molar-refractivity contribution in [3.63, 3.8) is 0 Å². The Morgan fingerprint density at radius 1 is 1.00 bits per heavy atom. The van der Waals surface area contributed by atoms with Crippen LogP contribution in [0.25, 0.3) is 28.3 Å². The van der Waals surface area contributed by atoms with Crippen LogP contribution in [0.5, 0.6) is 0 Å². The van der Waals surface area contributed by atoms with Crippen LogP contribution in [-0.2, 0) is 6.18 Å². The highest BCUT2D eigenvalue weighted by Crippen LogP contribution is 2.36. The number of carbonyl (C=O) groups is 1. The fourth-order valence-electron chi connectivity index (χ4n) is 4.03. The third-order valence-electron chi connectivity index (χ3n) is 6.18. The lowest BCUT2D eigenvalue weighted by atomic mass is 9.93. The monoisotopic (exact) mass is 585 g/mol. The third kappa shape index (κ3) is 6.55. The summed E-state index contributed by atoms with van der Waals surface area (Å²) in [5, 5.41) is 6.97. The molecule has 15 heteroatoms. The van der Waals surface area contributed by atoms with Gasteiger partial charge in [-0.2, -0.15) is 26.3 Å². The number of pyridine rings is 1. The molecule has 3 N–H and O–H groups in total. The molecule has 0 radical (unpaired) electrons. The number of aromatic nitrogens is 4. The number of carbonyl (C=O) groups excluding carboxylic acids is 1. The van der Waals surface area contributed by atoms with Gasteiger partial charge in [-0.15, -0.1) is 12.4 Å². The van der Waals surface area contributed by atoms with Crippen LogP contribution in [0, 0.1) is 0 Å². The lowest BCUT2D eigenvalue weighted by Gasteiger charge is -2.28. The Morgan fingerprint density at radius 3 is 2.45 bits per heavy atom. The molecule has 0 bridgehead atoms. The molecular weight excluding hydrogens is 564 g/mol. The van der Waals surface area contributed by atoms with Crippen LogP contribution < -0.4 is 16.0 Å². The Labute approximate surface area is 229 Å². The molecule has 0 spiro atoms. The number of fused-ring (bicyclic) bond motifs is 1. The molecule has 5 rings (SSSR count). The molecule has 3 heterocycles. The molecule has 212 valence electrons. The summed E-state index contributed by atoms with van der Waals surface area (Å²) >= 11 is 0. The van der Waals surface area contributed by atoms with E-state index in [1.165, 1.54) is 6.07 Å². The lowest BCUT2D eigenvalue weighted by Crippen LogP contribution is -2.36. The van der Waals surface area contributed by atoms with Crippen molar-refractivity contribution in [1.82, 2.24) is 24.7 Å². The summed E-state index contributed by atoms with van der Waals surface area (Å²) in [4.78, 5) is 24.3. The highest BCUT2D eigenvalue weighted by Gasteiger charge is 2.36. The molecule has 1 fully saturated rings. The molecule has 2 amide bonds. The number of hydrogen-bond acceptors (Lipinski definition) is 5. The van der Waals surface area contributed by atoms with Crippen LogP contribution in [0.15, 0.2) is 55.0 Å². The number of nitrogens with zero attached hydrogens (tertiary/aromatic N) is 4. The zero-order chi connectivity index (χ0) is 27.8. The number of imidazole rings is 1. The first-order valence-electron chi connectivity index (χ1n) is 11.9. The van der Waals surface area contributed by atoms with Crippen LogP contribution >= 0.6 is 12.4 Å². The van der Waals surface area contributed by atoms with Crippen LogP contribution in [0.4, 0.5) is 42.6 Å². The largest absolute Gasteiger partial charge is 0.421 e. The van der Waals surface area contributed by atoms with Gasteiger partial charge in [-0.1, -0.05) is 12.1 Å². The Kier molecular flexibility index (Phi) is 8.10. The van der Waals surface area contributed by atoms with Gasteiger partial charge < -0.3 is 16.0 Å². The molecule has 3 aromatic heterocycles. The van der Waals surface area contributed by atoms with Crippen LogP contribution in [0.1, 0.15) is 24.8 Å². The van der Waals surface area contributed by atoms with E-state index >= 15 is 0 Å². The SMILES string of the molecule is Cl.O=C(NCC(F)(F)F)Nc1cccc(-c2cnc3cc(-c4ncc(C(F)(F)F)c(NC5CCC5)n4)ccn23)c1. The normalized spacial score (nSPS) is 13.8. The third-order valence-corrected chi connectivity index (χ3v) is 6.18. The summed E-state index contributed by atoms with van der Waals surface area (Å²) in [6.07, 6.45) is -2.66. The Balaban J connectivity index is 0.00000370. The van der Waals surface area contributed by atoms with Gasteiger partial charge in [-0.25, -0.2) is 19.7 Å². The summed E-state index contributed by atoms with van der Waals surface area (Å²) in [7, 11) is 0. The molecule has 0 aliphatic heterocycles. The van der Waals surface area contributed by atoms with E-state index in [0.717, 1.165) is 25.5 Å². The van der Waals surface area contributed by atoms with Crippen molar-refractivity contribution >= 4 is 35.6 Å². The topological polar surface area (TPSA) is 96.2 Å². The van der Waals surface area contributed by atoms with Gasteiger partial charge in [-0.3, -0.25) is 4.40 Å². The van der Waals surface area contributed by atoms with Gasteiger partial charge in [0.05, 0.1) is 11.9 Å². The molecule has 1 aliphatic rings. The molecule has 0 saturated heterocycles. The number of hydrogen-bond donors (Lipinski definition) is 3. The van der Waals surface area contributed by atoms with E-state index in [0.29, 0.717) is 22.5 Å². The van der Waals surface area contributed by atoms with Crippen LogP contribution in [-0.4, -0.2) is 44.1 Å². The first-order valence-corrected chi connectivity index (χ1v) is 11.9. The van der Waals surface area contributed by atoms with E-state index in [9.17, 15) is 31.1 Å². The van der Waals surface area contributed by atoms with Gasteiger partial charge in [0.2, 0.25) is 0 Å². The van der Waals surface area contributed by atoms with E-state index in [1.807, 2.05) is 0 Å². The van der Waals surface area contributed by atoms with Crippen molar-refractivity contribution < 1.29 is 31.1 Å². The highest BCUT2D eigenvalue weighted by molar-refractivity contribution is 5.90. The smallest absolute Gasteiger partial charge is 0.367 e. The fourth-order valence-corrected chi connectivity index (χ4v) is 4.03. The maximum Gasteiger partial charge on any atom is 0.421 e. The van der Waals surface area contributed by atoms with E-state index in [4.69, 9.17) is 0 Å². The molecule has 40 heavy (non-hydrogen) atoms. The number of rotatable bonds is 6. The van der Waals surface area contributed by atoms with Crippen molar-refractivity contribution in [2.75, 3.05) is 17.2 Å². The lowest BCUT2D eigenvalue weighted by molar-refractivity contribution is -0.137.